The van der Waals surface area contributed by atoms with E-state index in [2.05, 4.69) is 15.3 Å². The third kappa shape index (κ3) is 2.71. The van der Waals surface area contributed by atoms with Gasteiger partial charge in [0.05, 0.1) is 11.8 Å². The highest BCUT2D eigenvalue weighted by molar-refractivity contribution is 7.22. The van der Waals surface area contributed by atoms with Gasteiger partial charge in [-0.25, -0.2) is 9.97 Å². The second kappa shape index (κ2) is 5.49. The zero-order chi connectivity index (χ0) is 14.8. The monoisotopic (exact) mass is 299 g/mol. The van der Waals surface area contributed by atoms with Gasteiger partial charge in [0.15, 0.2) is 5.13 Å². The van der Waals surface area contributed by atoms with Gasteiger partial charge in [0.25, 0.3) is 5.91 Å². The minimum Gasteiger partial charge on any atom is -0.494 e. The molecule has 21 heavy (non-hydrogen) atoms. The third-order valence-electron chi connectivity index (χ3n) is 2.94. The highest BCUT2D eigenvalue weighted by Gasteiger charge is 2.13. The molecular formula is C15H13N3O2S. The van der Waals surface area contributed by atoms with Crippen LogP contribution in [0.4, 0.5) is 5.13 Å². The van der Waals surface area contributed by atoms with E-state index in [4.69, 9.17) is 4.74 Å². The standard InChI is InChI=1S/C15H13N3O2S/c1-9-5-3-6-10(16-9)14(19)18-15-17-13-11(20-2)7-4-8-12(13)21-15/h3-8H,1-2H3,(H,17,18,19). The molecule has 0 fully saturated rings. The summed E-state index contributed by atoms with van der Waals surface area (Å²) in [5.41, 5.74) is 1.92. The van der Waals surface area contributed by atoms with E-state index >= 15 is 0 Å². The van der Waals surface area contributed by atoms with Crippen LogP contribution in [-0.4, -0.2) is 23.0 Å². The Labute approximate surface area is 125 Å². The number of methoxy groups -OCH3 is 1. The van der Waals surface area contributed by atoms with E-state index in [-0.39, 0.29) is 5.91 Å². The molecule has 0 unspecified atom stereocenters. The van der Waals surface area contributed by atoms with Crippen molar-refractivity contribution < 1.29 is 9.53 Å². The summed E-state index contributed by atoms with van der Waals surface area (Å²) in [4.78, 5) is 20.8. The average Bonchev–Trinajstić information content (AvgIpc) is 2.89. The molecule has 0 aliphatic heterocycles. The van der Waals surface area contributed by atoms with Gasteiger partial charge in [0.1, 0.15) is 17.0 Å². The van der Waals surface area contributed by atoms with Gasteiger partial charge < -0.3 is 4.74 Å². The number of rotatable bonds is 3. The van der Waals surface area contributed by atoms with Crippen molar-refractivity contribution in [3.63, 3.8) is 0 Å². The number of hydrogen-bond acceptors (Lipinski definition) is 5. The molecule has 3 rings (SSSR count). The number of carbonyl (C=O) groups excluding carboxylic acids is 1. The van der Waals surface area contributed by atoms with Crippen LogP contribution in [0.15, 0.2) is 36.4 Å². The van der Waals surface area contributed by atoms with Crippen molar-refractivity contribution in [3.05, 3.63) is 47.8 Å². The van der Waals surface area contributed by atoms with Gasteiger partial charge in [-0.05, 0) is 31.2 Å². The summed E-state index contributed by atoms with van der Waals surface area (Å²) in [5.74, 6) is 0.426. The first kappa shape index (κ1) is 13.5. The van der Waals surface area contributed by atoms with E-state index in [0.29, 0.717) is 16.6 Å². The van der Waals surface area contributed by atoms with Gasteiger partial charge in [0, 0.05) is 5.69 Å². The molecule has 1 amide bonds. The molecule has 0 aliphatic carbocycles. The van der Waals surface area contributed by atoms with Crippen LogP contribution in [0.25, 0.3) is 10.2 Å². The molecule has 1 N–H and O–H groups in total. The first-order valence-corrected chi connectivity index (χ1v) is 7.17. The number of anilines is 1. The molecule has 2 aromatic heterocycles. The number of hydrogen-bond donors (Lipinski definition) is 1. The molecular weight excluding hydrogens is 286 g/mol. The van der Waals surface area contributed by atoms with E-state index in [1.54, 1.807) is 19.2 Å². The maximum absolute atomic E-state index is 12.2. The number of thiazole rings is 1. The van der Waals surface area contributed by atoms with Crippen molar-refractivity contribution in [2.24, 2.45) is 0 Å². The molecule has 0 atom stereocenters. The number of carbonyl (C=O) groups is 1. The van der Waals surface area contributed by atoms with Crippen LogP contribution in [0.1, 0.15) is 16.2 Å². The minimum atomic E-state index is -0.267. The SMILES string of the molecule is COc1cccc2sc(NC(=O)c3cccc(C)n3)nc12. The third-order valence-corrected chi connectivity index (χ3v) is 3.88. The summed E-state index contributed by atoms with van der Waals surface area (Å²) in [6, 6.07) is 11.0. The van der Waals surface area contributed by atoms with Gasteiger partial charge in [-0.3, -0.25) is 10.1 Å². The number of aromatic nitrogens is 2. The second-order valence-electron chi connectivity index (χ2n) is 4.44. The van der Waals surface area contributed by atoms with Gasteiger partial charge in [-0.15, -0.1) is 0 Å². The normalized spacial score (nSPS) is 10.6. The van der Waals surface area contributed by atoms with Crippen LogP contribution in [0.5, 0.6) is 5.75 Å². The lowest BCUT2D eigenvalue weighted by Crippen LogP contribution is -2.13. The smallest absolute Gasteiger partial charge is 0.276 e. The Hall–Kier alpha value is -2.47. The van der Waals surface area contributed by atoms with Crippen LogP contribution in [0.3, 0.4) is 0 Å². The summed E-state index contributed by atoms with van der Waals surface area (Å²) >= 11 is 1.40. The Bertz CT molecular complexity index is 814. The number of nitrogens with one attached hydrogen (secondary N) is 1. The molecule has 1 aromatic carbocycles. The fraction of sp³-hybridized carbons (Fsp3) is 0.133. The maximum Gasteiger partial charge on any atom is 0.276 e. The number of ether oxygens (including phenoxy) is 1. The Balaban J connectivity index is 1.90. The predicted octanol–water partition coefficient (Wildman–Crippen LogP) is 3.26. The first-order valence-electron chi connectivity index (χ1n) is 6.36. The van der Waals surface area contributed by atoms with Crippen molar-refractivity contribution >= 4 is 32.6 Å². The lowest BCUT2D eigenvalue weighted by molar-refractivity contribution is 0.102. The van der Waals surface area contributed by atoms with Crippen molar-refractivity contribution in [2.75, 3.05) is 12.4 Å². The van der Waals surface area contributed by atoms with Crippen LogP contribution >= 0.6 is 11.3 Å². The van der Waals surface area contributed by atoms with Gasteiger partial charge in [-0.1, -0.05) is 23.5 Å². The summed E-state index contributed by atoms with van der Waals surface area (Å²) in [7, 11) is 1.60. The second-order valence-corrected chi connectivity index (χ2v) is 5.48. The van der Waals surface area contributed by atoms with E-state index in [1.807, 2.05) is 31.2 Å². The average molecular weight is 299 g/mol. The Morgan fingerprint density at radius 2 is 2.00 bits per heavy atom. The Kier molecular flexibility index (Phi) is 3.53. The number of para-hydroxylation sites is 1. The highest BCUT2D eigenvalue weighted by Crippen LogP contribution is 2.32. The maximum atomic E-state index is 12.2. The molecule has 0 saturated heterocycles. The molecule has 6 heteroatoms. The Morgan fingerprint density at radius 3 is 2.76 bits per heavy atom. The number of pyridine rings is 1. The van der Waals surface area contributed by atoms with E-state index in [0.717, 1.165) is 15.9 Å². The number of nitrogens with zero attached hydrogens (tertiary/aromatic N) is 2. The topological polar surface area (TPSA) is 64.1 Å². The van der Waals surface area contributed by atoms with Crippen molar-refractivity contribution in [3.8, 4) is 5.75 Å². The number of fused-ring (bicyclic) bond motifs is 1. The summed E-state index contributed by atoms with van der Waals surface area (Å²) < 4.78 is 6.23. The van der Waals surface area contributed by atoms with Crippen LogP contribution in [0, 0.1) is 6.92 Å². The number of benzene rings is 1. The van der Waals surface area contributed by atoms with Gasteiger partial charge >= 0.3 is 0 Å². The molecule has 5 nitrogen and oxygen atoms in total. The molecule has 3 aromatic rings. The van der Waals surface area contributed by atoms with Crippen LogP contribution < -0.4 is 10.1 Å². The minimum absolute atomic E-state index is 0.267. The zero-order valence-electron chi connectivity index (χ0n) is 11.6. The summed E-state index contributed by atoms with van der Waals surface area (Å²) in [6.07, 6.45) is 0. The number of aryl methyl sites for hydroxylation is 1. The van der Waals surface area contributed by atoms with Crippen LogP contribution in [-0.2, 0) is 0 Å². The van der Waals surface area contributed by atoms with Crippen molar-refractivity contribution in [2.45, 2.75) is 6.92 Å². The van der Waals surface area contributed by atoms with E-state index in [1.165, 1.54) is 11.3 Å². The summed E-state index contributed by atoms with van der Waals surface area (Å²) in [6.45, 7) is 1.85. The number of amides is 1. The highest BCUT2D eigenvalue weighted by atomic mass is 32.1. The molecule has 2 heterocycles. The lowest BCUT2D eigenvalue weighted by Gasteiger charge is -2.01. The fourth-order valence-corrected chi connectivity index (χ4v) is 2.85. The van der Waals surface area contributed by atoms with Crippen molar-refractivity contribution in [1.82, 2.24) is 9.97 Å². The van der Waals surface area contributed by atoms with E-state index < -0.39 is 0 Å². The largest absolute Gasteiger partial charge is 0.494 e. The predicted molar refractivity (Wildman–Crippen MR) is 83.1 cm³/mol. The quantitative estimate of drug-likeness (QED) is 0.806. The van der Waals surface area contributed by atoms with Gasteiger partial charge in [-0.2, -0.15) is 0 Å². The first-order chi connectivity index (χ1) is 10.2. The zero-order valence-corrected chi connectivity index (χ0v) is 12.4. The van der Waals surface area contributed by atoms with Gasteiger partial charge in [0.2, 0.25) is 0 Å². The molecule has 0 saturated carbocycles. The Morgan fingerprint density at radius 1 is 1.19 bits per heavy atom. The molecule has 0 spiro atoms. The lowest BCUT2D eigenvalue weighted by atomic mass is 10.3. The van der Waals surface area contributed by atoms with E-state index in [9.17, 15) is 4.79 Å². The molecule has 0 radical (unpaired) electrons. The molecule has 106 valence electrons. The fourth-order valence-electron chi connectivity index (χ4n) is 1.97. The summed E-state index contributed by atoms with van der Waals surface area (Å²) in [5, 5.41) is 3.31. The molecule has 0 bridgehead atoms. The van der Waals surface area contributed by atoms with Crippen molar-refractivity contribution in [1.29, 1.82) is 0 Å². The molecule has 0 aliphatic rings. The van der Waals surface area contributed by atoms with Crippen LogP contribution in [0.2, 0.25) is 0 Å².